The molecule has 35 heavy (non-hydrogen) atoms. The average molecular weight is 494 g/mol. The molecular weight excluding hydrogens is 470 g/mol. The first-order valence-corrected chi connectivity index (χ1v) is 13.2. The number of thiazole rings is 1. The molecule has 0 saturated carbocycles. The normalized spacial score (nSPS) is 10.8. The number of nitrogens with zero attached hydrogens (tertiary/aromatic N) is 2. The van der Waals surface area contributed by atoms with Crippen LogP contribution in [0.3, 0.4) is 0 Å². The third-order valence-electron chi connectivity index (χ3n) is 5.56. The van der Waals surface area contributed by atoms with Crippen molar-refractivity contribution in [3.63, 3.8) is 0 Å². The number of carbonyl (C=O) groups is 1. The van der Waals surface area contributed by atoms with Crippen molar-refractivity contribution >= 4 is 34.8 Å². The topological polar surface area (TPSA) is 54.9 Å². The Bertz CT molecular complexity index is 1480. The number of rotatable bonds is 6. The van der Waals surface area contributed by atoms with E-state index in [2.05, 4.69) is 72.0 Å². The number of aromatic nitrogens is 2. The van der Waals surface area contributed by atoms with E-state index in [4.69, 9.17) is 4.98 Å². The summed E-state index contributed by atoms with van der Waals surface area (Å²) in [5.41, 5.74) is 5.81. The Balaban J connectivity index is 1.55. The lowest BCUT2D eigenvalue weighted by atomic mass is 10.1. The van der Waals surface area contributed by atoms with Crippen LogP contribution in [0.15, 0.2) is 102 Å². The SMILES string of the molecule is CSc1ccc(-c2nc(-c3cccc(C)c3)c(-c3ccnc(NC(=O)c4ccccc4)c3)s2)cc1. The zero-order valence-electron chi connectivity index (χ0n) is 19.4. The first-order valence-electron chi connectivity index (χ1n) is 11.2. The monoisotopic (exact) mass is 493 g/mol. The van der Waals surface area contributed by atoms with Gasteiger partial charge in [0.1, 0.15) is 10.8 Å². The number of hydrogen-bond donors (Lipinski definition) is 1. The summed E-state index contributed by atoms with van der Waals surface area (Å²) < 4.78 is 0. The Morgan fingerprint density at radius 1 is 0.857 bits per heavy atom. The summed E-state index contributed by atoms with van der Waals surface area (Å²) in [4.78, 5) is 24.4. The maximum Gasteiger partial charge on any atom is 0.256 e. The molecule has 0 spiro atoms. The van der Waals surface area contributed by atoms with Crippen molar-refractivity contribution in [2.24, 2.45) is 0 Å². The minimum absolute atomic E-state index is 0.187. The summed E-state index contributed by atoms with van der Waals surface area (Å²) in [5, 5.41) is 3.87. The van der Waals surface area contributed by atoms with Gasteiger partial charge < -0.3 is 5.32 Å². The number of amides is 1. The molecule has 2 heterocycles. The van der Waals surface area contributed by atoms with Crippen molar-refractivity contribution in [2.75, 3.05) is 11.6 Å². The lowest BCUT2D eigenvalue weighted by molar-refractivity contribution is 0.102. The van der Waals surface area contributed by atoms with E-state index in [1.807, 2.05) is 30.3 Å². The van der Waals surface area contributed by atoms with Gasteiger partial charge in [-0.25, -0.2) is 9.97 Å². The van der Waals surface area contributed by atoms with Crippen LogP contribution in [0.5, 0.6) is 0 Å². The van der Waals surface area contributed by atoms with Crippen LogP contribution in [0.2, 0.25) is 0 Å². The lowest BCUT2D eigenvalue weighted by Gasteiger charge is -2.07. The number of carbonyl (C=O) groups excluding carboxylic acids is 1. The fourth-order valence-corrected chi connectivity index (χ4v) is 5.28. The molecule has 0 aliphatic heterocycles. The second kappa shape index (κ2) is 10.3. The third-order valence-corrected chi connectivity index (χ3v) is 7.45. The summed E-state index contributed by atoms with van der Waals surface area (Å²) in [6.45, 7) is 2.08. The molecule has 0 aliphatic rings. The van der Waals surface area contributed by atoms with Gasteiger partial charge in [-0.2, -0.15) is 0 Å². The van der Waals surface area contributed by atoms with Crippen LogP contribution in [0.25, 0.3) is 32.3 Å². The Labute approximate surface area is 213 Å². The number of benzene rings is 3. The lowest BCUT2D eigenvalue weighted by Crippen LogP contribution is -2.12. The van der Waals surface area contributed by atoms with Crippen LogP contribution in [-0.2, 0) is 0 Å². The molecule has 4 nitrogen and oxygen atoms in total. The van der Waals surface area contributed by atoms with Crippen LogP contribution in [0.4, 0.5) is 5.82 Å². The molecule has 1 N–H and O–H groups in total. The van der Waals surface area contributed by atoms with Crippen molar-refractivity contribution in [3.05, 3.63) is 108 Å². The van der Waals surface area contributed by atoms with Crippen LogP contribution >= 0.6 is 23.1 Å². The zero-order chi connectivity index (χ0) is 24.2. The molecule has 172 valence electrons. The highest BCUT2D eigenvalue weighted by molar-refractivity contribution is 7.98. The highest BCUT2D eigenvalue weighted by Crippen LogP contribution is 2.41. The summed E-state index contributed by atoms with van der Waals surface area (Å²) in [5.74, 6) is 0.318. The van der Waals surface area contributed by atoms with Crippen LogP contribution in [0, 0.1) is 6.92 Å². The minimum Gasteiger partial charge on any atom is -0.307 e. The van der Waals surface area contributed by atoms with E-state index in [0.29, 0.717) is 11.4 Å². The maximum atomic E-state index is 12.7. The van der Waals surface area contributed by atoms with Gasteiger partial charge in [0.2, 0.25) is 0 Å². The summed E-state index contributed by atoms with van der Waals surface area (Å²) in [6, 6.07) is 29.9. The quantitative estimate of drug-likeness (QED) is 0.245. The van der Waals surface area contributed by atoms with Crippen LogP contribution in [0.1, 0.15) is 15.9 Å². The molecule has 0 atom stereocenters. The Hall–Kier alpha value is -3.74. The molecule has 5 aromatic rings. The summed E-state index contributed by atoms with van der Waals surface area (Å²) in [6.07, 6.45) is 3.80. The molecule has 0 saturated heterocycles. The fourth-order valence-electron chi connectivity index (χ4n) is 3.78. The van der Waals surface area contributed by atoms with Gasteiger partial charge in [-0.1, -0.05) is 54.1 Å². The average Bonchev–Trinajstić information content (AvgIpc) is 3.35. The first-order chi connectivity index (χ1) is 17.1. The zero-order valence-corrected chi connectivity index (χ0v) is 21.0. The Kier molecular flexibility index (Phi) is 6.75. The molecule has 0 bridgehead atoms. The second-order valence-electron chi connectivity index (χ2n) is 8.04. The second-order valence-corrected chi connectivity index (χ2v) is 9.92. The van der Waals surface area contributed by atoms with Gasteiger partial charge in [-0.15, -0.1) is 23.1 Å². The minimum atomic E-state index is -0.187. The number of nitrogens with one attached hydrogen (secondary N) is 1. The number of anilines is 1. The van der Waals surface area contributed by atoms with E-state index in [1.165, 1.54) is 10.5 Å². The molecule has 6 heteroatoms. The number of pyridine rings is 1. The molecule has 0 unspecified atom stereocenters. The Morgan fingerprint density at radius 2 is 1.66 bits per heavy atom. The van der Waals surface area contributed by atoms with Crippen molar-refractivity contribution in [2.45, 2.75) is 11.8 Å². The predicted molar refractivity (Wildman–Crippen MR) is 147 cm³/mol. The number of aryl methyl sites for hydroxylation is 1. The van der Waals surface area contributed by atoms with Gasteiger partial charge in [0.05, 0.1) is 10.6 Å². The molecule has 0 aliphatic carbocycles. The summed E-state index contributed by atoms with van der Waals surface area (Å²) >= 11 is 3.37. The van der Waals surface area contributed by atoms with Gasteiger partial charge in [0.25, 0.3) is 5.91 Å². The molecule has 1 amide bonds. The van der Waals surface area contributed by atoms with Gasteiger partial charge in [-0.05, 0) is 61.2 Å². The molecule has 3 aromatic carbocycles. The molecule has 0 radical (unpaired) electrons. The van der Waals surface area contributed by atoms with Crippen molar-refractivity contribution < 1.29 is 4.79 Å². The van der Waals surface area contributed by atoms with E-state index in [9.17, 15) is 4.79 Å². The van der Waals surface area contributed by atoms with Crippen molar-refractivity contribution in [3.8, 4) is 32.3 Å². The molecule has 0 fully saturated rings. The van der Waals surface area contributed by atoms with Crippen LogP contribution < -0.4 is 5.32 Å². The fraction of sp³-hybridized carbons (Fsp3) is 0.0690. The molecule has 5 rings (SSSR count). The van der Waals surface area contributed by atoms with E-state index < -0.39 is 0 Å². The maximum absolute atomic E-state index is 12.7. The van der Waals surface area contributed by atoms with E-state index in [1.54, 1.807) is 41.4 Å². The summed E-state index contributed by atoms with van der Waals surface area (Å²) in [7, 11) is 0. The van der Waals surface area contributed by atoms with E-state index >= 15 is 0 Å². The predicted octanol–water partition coefficient (Wildman–Crippen LogP) is 7.82. The smallest absolute Gasteiger partial charge is 0.256 e. The van der Waals surface area contributed by atoms with Gasteiger partial charge in [-0.3, -0.25) is 4.79 Å². The number of hydrogen-bond acceptors (Lipinski definition) is 5. The van der Waals surface area contributed by atoms with Crippen molar-refractivity contribution in [1.82, 2.24) is 9.97 Å². The van der Waals surface area contributed by atoms with Crippen molar-refractivity contribution in [1.29, 1.82) is 0 Å². The van der Waals surface area contributed by atoms with Crippen LogP contribution in [-0.4, -0.2) is 22.1 Å². The number of thioether (sulfide) groups is 1. The third kappa shape index (κ3) is 5.19. The largest absolute Gasteiger partial charge is 0.307 e. The highest BCUT2D eigenvalue weighted by atomic mass is 32.2. The standard InChI is InChI=1S/C29H23N3OS2/c1-19-7-6-10-22(17-19)26-27(35-29(32-26)21-11-13-24(34-2)14-12-21)23-15-16-30-25(18-23)31-28(33)20-8-4-3-5-9-20/h3-18H,1-2H3,(H,30,31,33). The van der Waals surface area contributed by atoms with E-state index in [0.717, 1.165) is 32.3 Å². The van der Waals surface area contributed by atoms with E-state index in [-0.39, 0.29) is 5.91 Å². The highest BCUT2D eigenvalue weighted by Gasteiger charge is 2.17. The van der Waals surface area contributed by atoms with Gasteiger partial charge in [0.15, 0.2) is 0 Å². The van der Waals surface area contributed by atoms with Gasteiger partial charge >= 0.3 is 0 Å². The van der Waals surface area contributed by atoms with Gasteiger partial charge in [0, 0.05) is 27.8 Å². The molecular formula is C29H23N3OS2. The Morgan fingerprint density at radius 3 is 2.40 bits per heavy atom. The molecule has 2 aromatic heterocycles. The first kappa shape index (κ1) is 23.0.